The van der Waals surface area contributed by atoms with E-state index in [4.69, 9.17) is 0 Å². The molecule has 180 valence electrons. The fourth-order valence-corrected chi connectivity index (χ4v) is 4.54. The lowest BCUT2D eigenvalue weighted by molar-refractivity contribution is 0.0945. The summed E-state index contributed by atoms with van der Waals surface area (Å²) in [6, 6.07) is 8.36. The second-order valence-electron chi connectivity index (χ2n) is 9.03. The van der Waals surface area contributed by atoms with Crippen molar-refractivity contribution in [3.8, 4) is 0 Å². The molecule has 9 nitrogen and oxygen atoms in total. The number of amides is 1. The molecular weight excluding hydrogens is 456 g/mol. The lowest BCUT2D eigenvalue weighted by Gasteiger charge is -2.36. The van der Waals surface area contributed by atoms with Gasteiger partial charge in [0.1, 0.15) is 16.7 Å². The number of aromatic amines is 1. The second-order valence-corrected chi connectivity index (χ2v) is 9.03. The van der Waals surface area contributed by atoms with Crippen LogP contribution in [-0.2, 0) is 6.54 Å². The van der Waals surface area contributed by atoms with Crippen molar-refractivity contribution in [1.29, 1.82) is 0 Å². The van der Waals surface area contributed by atoms with Gasteiger partial charge in [-0.3, -0.25) is 14.5 Å². The van der Waals surface area contributed by atoms with Crippen LogP contribution in [0.2, 0.25) is 0 Å². The first-order valence-electron chi connectivity index (χ1n) is 11.6. The van der Waals surface area contributed by atoms with E-state index in [1.165, 1.54) is 10.7 Å². The summed E-state index contributed by atoms with van der Waals surface area (Å²) in [5.74, 6) is -1.50. The van der Waals surface area contributed by atoms with Gasteiger partial charge in [0, 0.05) is 44.3 Å². The topological polar surface area (TPSA) is 98.6 Å². The molecule has 35 heavy (non-hydrogen) atoms. The van der Waals surface area contributed by atoms with Gasteiger partial charge in [-0.1, -0.05) is 6.07 Å². The molecule has 1 aliphatic heterocycles. The molecule has 1 saturated carbocycles. The lowest BCUT2D eigenvalue weighted by atomic mass is 10.1. The minimum Gasteiger partial charge on any atom is -0.365 e. The van der Waals surface area contributed by atoms with Gasteiger partial charge in [-0.05, 0) is 37.1 Å². The number of carbonyl (C=O) groups excluding carboxylic acids is 1. The molecule has 2 N–H and O–H groups in total. The largest absolute Gasteiger partial charge is 0.365 e. The van der Waals surface area contributed by atoms with Gasteiger partial charge in [-0.25, -0.2) is 13.9 Å². The van der Waals surface area contributed by atoms with Gasteiger partial charge in [-0.15, -0.1) is 0 Å². The zero-order chi connectivity index (χ0) is 24.1. The van der Waals surface area contributed by atoms with E-state index >= 15 is 4.39 Å². The number of benzene rings is 1. The molecule has 4 heterocycles. The van der Waals surface area contributed by atoms with Crippen LogP contribution < -0.4 is 15.8 Å². The summed E-state index contributed by atoms with van der Waals surface area (Å²) >= 11 is 0. The highest BCUT2D eigenvalue weighted by Gasteiger charge is 2.26. The average molecular weight is 479 g/mol. The Morgan fingerprint density at radius 3 is 2.60 bits per heavy atom. The lowest BCUT2D eigenvalue weighted by Crippen LogP contribution is -2.46. The molecule has 0 bridgehead atoms. The number of carbonyl (C=O) groups is 1. The van der Waals surface area contributed by atoms with E-state index in [1.54, 1.807) is 30.3 Å². The number of fused-ring (bicyclic) bond motifs is 3. The van der Waals surface area contributed by atoms with Crippen LogP contribution in [0.1, 0.15) is 28.9 Å². The molecule has 0 atom stereocenters. The van der Waals surface area contributed by atoms with Gasteiger partial charge in [0.2, 0.25) is 5.95 Å². The van der Waals surface area contributed by atoms with E-state index in [2.05, 4.69) is 25.3 Å². The molecule has 6 rings (SSSR count). The zero-order valence-corrected chi connectivity index (χ0v) is 18.8. The number of hydrogen-bond acceptors (Lipinski definition) is 6. The maximum absolute atomic E-state index is 15.3. The first kappa shape index (κ1) is 21.7. The highest BCUT2D eigenvalue weighted by molar-refractivity contribution is 5.92. The summed E-state index contributed by atoms with van der Waals surface area (Å²) < 4.78 is 31.4. The van der Waals surface area contributed by atoms with Gasteiger partial charge in [0.15, 0.2) is 5.82 Å². The Labute approximate surface area is 198 Å². The number of piperazine rings is 1. The van der Waals surface area contributed by atoms with Crippen LogP contribution in [0.4, 0.5) is 14.5 Å². The van der Waals surface area contributed by atoms with Crippen molar-refractivity contribution in [2.24, 2.45) is 0 Å². The van der Waals surface area contributed by atoms with Crippen LogP contribution in [0.25, 0.3) is 16.6 Å². The predicted molar refractivity (Wildman–Crippen MR) is 125 cm³/mol. The summed E-state index contributed by atoms with van der Waals surface area (Å²) in [6.45, 7) is 2.61. The van der Waals surface area contributed by atoms with Crippen LogP contribution in [0.5, 0.6) is 0 Å². The third-order valence-corrected chi connectivity index (χ3v) is 6.62. The normalized spacial score (nSPS) is 16.8. The molecule has 3 aromatic heterocycles. The molecule has 1 aliphatic carbocycles. The number of nitrogens with one attached hydrogen (secondary N) is 2. The maximum Gasteiger partial charge on any atom is 0.274 e. The van der Waals surface area contributed by atoms with E-state index in [0.717, 1.165) is 12.8 Å². The molecule has 0 spiro atoms. The first-order chi connectivity index (χ1) is 17.0. The Hall–Kier alpha value is -3.86. The molecule has 2 aliphatic rings. The van der Waals surface area contributed by atoms with Gasteiger partial charge >= 0.3 is 0 Å². The number of hydrogen-bond donors (Lipinski definition) is 2. The van der Waals surface area contributed by atoms with Crippen LogP contribution >= 0.6 is 0 Å². The van der Waals surface area contributed by atoms with Crippen molar-refractivity contribution in [2.45, 2.75) is 25.4 Å². The van der Waals surface area contributed by atoms with Crippen molar-refractivity contribution >= 4 is 28.1 Å². The molecule has 4 aromatic rings. The van der Waals surface area contributed by atoms with E-state index in [9.17, 15) is 14.0 Å². The van der Waals surface area contributed by atoms with E-state index in [1.807, 2.05) is 4.90 Å². The molecule has 1 saturated heterocycles. The Balaban J connectivity index is 1.14. The minimum absolute atomic E-state index is 0.0778. The van der Waals surface area contributed by atoms with Crippen molar-refractivity contribution < 1.29 is 13.6 Å². The second kappa shape index (κ2) is 8.42. The molecular formula is C24H23F2N7O2. The third-order valence-electron chi connectivity index (χ3n) is 6.62. The Bertz CT molecular complexity index is 1500. The monoisotopic (exact) mass is 479 g/mol. The van der Waals surface area contributed by atoms with Crippen LogP contribution in [0.15, 0.2) is 41.3 Å². The third kappa shape index (κ3) is 4.01. The van der Waals surface area contributed by atoms with Gasteiger partial charge in [0.25, 0.3) is 11.5 Å². The number of aromatic nitrogens is 4. The van der Waals surface area contributed by atoms with Crippen molar-refractivity contribution in [3.05, 3.63) is 69.9 Å². The molecule has 0 radical (unpaired) electrons. The SMILES string of the molecule is O=C(NC1CC1)c1ccc(N2CCN(Cc3ccc4c([nH]c(=O)c5ccnn54)c3F)CC2)c(F)n1. The summed E-state index contributed by atoms with van der Waals surface area (Å²) in [7, 11) is 0. The van der Waals surface area contributed by atoms with Crippen LogP contribution in [0, 0.1) is 11.8 Å². The summed E-state index contributed by atoms with van der Waals surface area (Å²) in [4.78, 5) is 34.8. The highest BCUT2D eigenvalue weighted by atomic mass is 19.1. The van der Waals surface area contributed by atoms with E-state index < -0.39 is 17.3 Å². The fourth-order valence-electron chi connectivity index (χ4n) is 4.54. The van der Waals surface area contributed by atoms with Gasteiger partial charge in [-0.2, -0.15) is 9.49 Å². The Morgan fingerprint density at radius 2 is 1.86 bits per heavy atom. The smallest absolute Gasteiger partial charge is 0.274 e. The predicted octanol–water partition coefficient (Wildman–Crippen LogP) is 2.06. The Morgan fingerprint density at radius 1 is 1.06 bits per heavy atom. The molecule has 0 unspecified atom stereocenters. The zero-order valence-electron chi connectivity index (χ0n) is 18.8. The molecule has 11 heteroatoms. The number of rotatable bonds is 5. The summed E-state index contributed by atoms with van der Waals surface area (Å²) in [6.07, 6.45) is 3.40. The van der Waals surface area contributed by atoms with Gasteiger partial charge < -0.3 is 15.2 Å². The van der Waals surface area contributed by atoms with Crippen LogP contribution in [-0.4, -0.2) is 62.6 Å². The van der Waals surface area contributed by atoms with Crippen molar-refractivity contribution in [2.75, 3.05) is 31.1 Å². The average Bonchev–Trinajstić information content (AvgIpc) is 3.52. The quantitative estimate of drug-likeness (QED) is 0.426. The minimum atomic E-state index is -0.670. The number of anilines is 1. The van der Waals surface area contributed by atoms with E-state index in [0.29, 0.717) is 55.0 Å². The molecule has 2 fully saturated rings. The number of nitrogens with zero attached hydrogens (tertiary/aromatic N) is 5. The highest BCUT2D eigenvalue weighted by Crippen LogP contribution is 2.24. The standard InChI is InChI=1S/C24H23F2N7O2/c25-20-14(1-5-17-21(20)30-24(35)19-7-8-27-33(17)19)13-31-9-11-32(12-10-31)18-6-4-16(29-22(18)26)23(34)28-15-2-3-15/h1,4-8,15H,2-3,9-13H2,(H,28,34)(H,30,35). The van der Waals surface area contributed by atoms with Crippen molar-refractivity contribution in [1.82, 2.24) is 29.8 Å². The molecule has 1 amide bonds. The molecule has 1 aromatic carbocycles. The maximum atomic E-state index is 15.3. The van der Waals surface area contributed by atoms with Gasteiger partial charge in [0.05, 0.1) is 17.4 Å². The summed E-state index contributed by atoms with van der Waals surface area (Å²) in [5, 5.41) is 6.93. The number of H-pyrrole nitrogens is 1. The number of halogens is 2. The number of pyridine rings is 1. The van der Waals surface area contributed by atoms with Crippen molar-refractivity contribution in [3.63, 3.8) is 0 Å². The summed E-state index contributed by atoms with van der Waals surface area (Å²) in [5.41, 5.74) is 1.48. The first-order valence-corrected chi connectivity index (χ1v) is 11.6. The fraction of sp³-hybridized carbons (Fsp3) is 0.333. The van der Waals surface area contributed by atoms with Crippen LogP contribution in [0.3, 0.4) is 0 Å². The van der Waals surface area contributed by atoms with E-state index in [-0.39, 0.29) is 23.2 Å². The Kier molecular flexibility index (Phi) is 5.21.